The number of amides is 2. The van der Waals surface area contributed by atoms with Crippen LogP contribution in [-0.4, -0.2) is 16.7 Å². The van der Waals surface area contributed by atoms with Gasteiger partial charge in [-0.2, -0.15) is 0 Å². The van der Waals surface area contributed by atoms with Gasteiger partial charge in [0.1, 0.15) is 0 Å². The second-order valence-corrected chi connectivity index (χ2v) is 8.53. The van der Waals surface area contributed by atoms with Gasteiger partial charge in [-0.15, -0.1) is 0 Å². The first kappa shape index (κ1) is 17.0. The summed E-state index contributed by atoms with van der Waals surface area (Å²) in [6.07, 6.45) is 0. The molecule has 0 saturated carbocycles. The third kappa shape index (κ3) is 2.19. The Labute approximate surface area is 173 Å². The summed E-state index contributed by atoms with van der Waals surface area (Å²) in [6, 6.07) is 24.0. The lowest BCUT2D eigenvalue weighted by atomic mass is 9.55. The van der Waals surface area contributed by atoms with Gasteiger partial charge < -0.3 is 0 Å². The summed E-state index contributed by atoms with van der Waals surface area (Å²) < 4.78 is 0. The van der Waals surface area contributed by atoms with Crippen molar-refractivity contribution in [2.24, 2.45) is 11.8 Å². The van der Waals surface area contributed by atoms with Crippen LogP contribution in [-0.2, 0) is 16.1 Å². The first-order valence-corrected chi connectivity index (χ1v) is 10.3. The number of carbonyl (C=O) groups excluding carboxylic acids is 2. The number of hydrogen-bond acceptors (Lipinski definition) is 2. The van der Waals surface area contributed by atoms with Crippen molar-refractivity contribution in [3.8, 4) is 0 Å². The zero-order valence-electron chi connectivity index (χ0n) is 15.6. The topological polar surface area (TPSA) is 37.4 Å². The predicted molar refractivity (Wildman–Crippen MR) is 111 cm³/mol. The molecule has 0 aromatic heterocycles. The number of halogens is 1. The van der Waals surface area contributed by atoms with Crippen LogP contribution in [0.5, 0.6) is 0 Å². The fourth-order valence-electron chi connectivity index (χ4n) is 5.69. The van der Waals surface area contributed by atoms with E-state index in [2.05, 4.69) is 24.3 Å². The van der Waals surface area contributed by atoms with Crippen LogP contribution in [0.15, 0.2) is 72.8 Å². The molecule has 3 aliphatic carbocycles. The molecule has 142 valence electrons. The summed E-state index contributed by atoms with van der Waals surface area (Å²) in [7, 11) is 0. The Morgan fingerprint density at radius 1 is 0.655 bits per heavy atom. The summed E-state index contributed by atoms with van der Waals surface area (Å²) >= 11 is 6.32. The third-order valence-corrected chi connectivity index (χ3v) is 7.19. The smallest absolute Gasteiger partial charge is 0.234 e. The van der Waals surface area contributed by atoms with Crippen molar-refractivity contribution in [3.63, 3.8) is 0 Å². The third-order valence-electron chi connectivity index (χ3n) is 6.83. The molecule has 29 heavy (non-hydrogen) atoms. The standard InChI is InChI=1S/C25H18ClNO2/c26-19-12-6-1-7-14(19)13-27-24(28)22-20-15-8-2-3-9-16(15)21(23(22)25(27)29)18-11-5-4-10-17(18)20/h1-12,20-23H,13H2/t20?,21?,22-,23-/m0/s1. The predicted octanol–water partition coefficient (Wildman–Crippen LogP) is 4.73. The molecule has 2 bridgehead atoms. The maximum atomic E-state index is 13.5. The lowest BCUT2D eigenvalue weighted by Crippen LogP contribution is -2.41. The van der Waals surface area contributed by atoms with Gasteiger partial charge in [0.05, 0.1) is 18.4 Å². The molecular weight excluding hydrogens is 382 g/mol. The van der Waals surface area contributed by atoms with E-state index in [1.807, 2.05) is 42.5 Å². The second-order valence-electron chi connectivity index (χ2n) is 8.12. The average molecular weight is 400 g/mol. The molecule has 1 fully saturated rings. The van der Waals surface area contributed by atoms with Crippen molar-refractivity contribution in [1.29, 1.82) is 0 Å². The average Bonchev–Trinajstić information content (AvgIpc) is 3.01. The molecule has 1 saturated heterocycles. The molecule has 4 aliphatic rings. The first-order valence-electron chi connectivity index (χ1n) is 9.93. The summed E-state index contributed by atoms with van der Waals surface area (Å²) in [6.45, 7) is 0.233. The van der Waals surface area contributed by atoms with Crippen molar-refractivity contribution in [2.45, 2.75) is 18.4 Å². The van der Waals surface area contributed by atoms with Crippen molar-refractivity contribution < 1.29 is 9.59 Å². The minimum Gasteiger partial charge on any atom is -0.277 e. The van der Waals surface area contributed by atoms with Crippen molar-refractivity contribution in [1.82, 2.24) is 4.90 Å². The van der Waals surface area contributed by atoms with E-state index in [4.69, 9.17) is 11.6 Å². The van der Waals surface area contributed by atoms with Gasteiger partial charge in [0.25, 0.3) is 0 Å². The zero-order valence-corrected chi connectivity index (χ0v) is 16.3. The zero-order chi connectivity index (χ0) is 19.7. The van der Waals surface area contributed by atoms with E-state index in [-0.39, 0.29) is 42.0 Å². The van der Waals surface area contributed by atoms with Crippen LogP contribution in [0.4, 0.5) is 0 Å². The SMILES string of the molecule is O=C1[C@H]2C3c4ccccc4C(c4ccccc43)[C@@H]2C(=O)N1Cc1ccccc1Cl. The Balaban J connectivity index is 1.49. The van der Waals surface area contributed by atoms with E-state index in [9.17, 15) is 9.59 Å². The Hall–Kier alpha value is -2.91. The van der Waals surface area contributed by atoms with Gasteiger partial charge >= 0.3 is 0 Å². The maximum absolute atomic E-state index is 13.5. The molecule has 2 amide bonds. The van der Waals surface area contributed by atoms with Gasteiger partial charge in [0.15, 0.2) is 0 Å². The summed E-state index contributed by atoms with van der Waals surface area (Å²) in [5.74, 6) is -0.937. The minimum atomic E-state index is -0.334. The Kier molecular flexibility index (Phi) is 3.54. The van der Waals surface area contributed by atoms with Crippen LogP contribution >= 0.6 is 11.6 Å². The molecule has 7 rings (SSSR count). The van der Waals surface area contributed by atoms with Crippen molar-refractivity contribution in [3.05, 3.63) is 106 Å². The number of carbonyl (C=O) groups is 2. The number of rotatable bonds is 2. The Bertz CT molecular complexity index is 1070. The summed E-state index contributed by atoms with van der Waals surface area (Å²) in [4.78, 5) is 28.5. The lowest BCUT2D eigenvalue weighted by molar-refractivity contribution is -0.140. The first-order chi connectivity index (χ1) is 14.2. The van der Waals surface area contributed by atoms with E-state index >= 15 is 0 Å². The highest BCUT2D eigenvalue weighted by atomic mass is 35.5. The molecule has 3 aromatic rings. The fourth-order valence-corrected chi connectivity index (χ4v) is 5.89. The number of nitrogens with zero attached hydrogens (tertiary/aromatic N) is 1. The molecule has 2 atom stereocenters. The molecule has 4 heteroatoms. The highest BCUT2D eigenvalue weighted by molar-refractivity contribution is 6.31. The largest absolute Gasteiger partial charge is 0.277 e. The number of hydrogen-bond donors (Lipinski definition) is 0. The molecule has 0 unspecified atom stereocenters. The number of benzene rings is 3. The van der Waals surface area contributed by atoms with Crippen molar-refractivity contribution in [2.75, 3.05) is 0 Å². The van der Waals surface area contributed by atoms with Crippen LogP contribution < -0.4 is 0 Å². The molecule has 1 aliphatic heterocycles. The molecule has 1 heterocycles. The van der Waals surface area contributed by atoms with Crippen LogP contribution in [0.2, 0.25) is 5.02 Å². The van der Waals surface area contributed by atoms with Crippen molar-refractivity contribution >= 4 is 23.4 Å². The van der Waals surface area contributed by atoms with Crippen LogP contribution in [0.25, 0.3) is 0 Å². The summed E-state index contributed by atoms with van der Waals surface area (Å²) in [5, 5.41) is 0.581. The van der Waals surface area contributed by atoms with E-state index in [0.717, 1.165) is 5.56 Å². The second kappa shape index (κ2) is 6.04. The van der Waals surface area contributed by atoms with Gasteiger partial charge in [-0.1, -0.05) is 78.3 Å². The molecule has 0 spiro atoms. The van der Waals surface area contributed by atoms with Gasteiger partial charge in [0, 0.05) is 16.9 Å². The van der Waals surface area contributed by atoms with Crippen LogP contribution in [0.1, 0.15) is 39.7 Å². The number of likely N-dealkylation sites (tertiary alicyclic amines) is 1. The quantitative estimate of drug-likeness (QED) is 0.584. The molecular formula is C25H18ClNO2. The van der Waals surface area contributed by atoms with Gasteiger partial charge in [-0.3, -0.25) is 14.5 Å². The normalized spacial score (nSPS) is 26.3. The Morgan fingerprint density at radius 3 is 1.52 bits per heavy atom. The maximum Gasteiger partial charge on any atom is 0.234 e. The van der Waals surface area contributed by atoms with E-state index in [1.165, 1.54) is 27.2 Å². The van der Waals surface area contributed by atoms with Gasteiger partial charge in [0.2, 0.25) is 11.8 Å². The molecule has 0 radical (unpaired) electrons. The fraction of sp³-hybridized carbons (Fsp3) is 0.200. The highest BCUT2D eigenvalue weighted by Crippen LogP contribution is 2.61. The van der Waals surface area contributed by atoms with Crippen LogP contribution in [0, 0.1) is 11.8 Å². The van der Waals surface area contributed by atoms with Gasteiger partial charge in [-0.05, 0) is 33.9 Å². The monoisotopic (exact) mass is 399 g/mol. The van der Waals surface area contributed by atoms with Gasteiger partial charge in [-0.25, -0.2) is 0 Å². The Morgan fingerprint density at radius 2 is 1.07 bits per heavy atom. The molecule has 3 aromatic carbocycles. The lowest BCUT2D eigenvalue weighted by Gasteiger charge is -2.45. The highest BCUT2D eigenvalue weighted by Gasteiger charge is 2.61. The number of imide groups is 1. The van der Waals surface area contributed by atoms with Crippen LogP contribution in [0.3, 0.4) is 0 Å². The molecule has 3 nitrogen and oxygen atoms in total. The van der Waals surface area contributed by atoms with E-state index < -0.39 is 0 Å². The van der Waals surface area contributed by atoms with E-state index in [1.54, 1.807) is 6.07 Å². The summed E-state index contributed by atoms with van der Waals surface area (Å²) in [5.41, 5.74) is 5.57. The minimum absolute atomic E-state index is 0.0647. The molecule has 0 N–H and O–H groups in total. The van der Waals surface area contributed by atoms with E-state index in [0.29, 0.717) is 5.02 Å².